The van der Waals surface area contributed by atoms with Crippen molar-refractivity contribution in [2.24, 2.45) is 0 Å². The fourth-order valence-corrected chi connectivity index (χ4v) is 3.74. The van der Waals surface area contributed by atoms with Crippen molar-refractivity contribution in [3.63, 3.8) is 0 Å². The summed E-state index contributed by atoms with van der Waals surface area (Å²) in [6, 6.07) is 11.8. The van der Waals surface area contributed by atoms with E-state index in [1.54, 1.807) is 12.1 Å². The van der Waals surface area contributed by atoms with Crippen LogP contribution in [0.25, 0.3) is 11.3 Å². The molecule has 2 aromatic carbocycles. The average molecular weight is 417 g/mol. The fraction of sp³-hybridized carbons (Fsp3) is 0.238. The first-order valence-electron chi connectivity index (χ1n) is 9.32. The number of hydrogen-bond acceptors (Lipinski definition) is 3. The number of aromatic amines is 1. The van der Waals surface area contributed by atoms with Crippen molar-refractivity contribution >= 4 is 23.3 Å². The molecule has 1 fully saturated rings. The Balaban J connectivity index is 1.43. The minimum absolute atomic E-state index is 0.0802. The zero-order valence-electron chi connectivity index (χ0n) is 15.5. The molecule has 2 N–H and O–H groups in total. The molecule has 0 aliphatic carbocycles. The monoisotopic (exact) mass is 416 g/mol. The van der Waals surface area contributed by atoms with Crippen LogP contribution >= 0.6 is 11.6 Å². The van der Waals surface area contributed by atoms with E-state index in [1.807, 2.05) is 6.07 Å². The lowest BCUT2D eigenvalue weighted by atomic mass is 10.0. The number of carbonyl (C=O) groups excluding carboxylic acids is 1. The van der Waals surface area contributed by atoms with Crippen molar-refractivity contribution < 1.29 is 13.6 Å². The molecule has 4 rings (SSSR count). The molecule has 1 amide bonds. The normalized spacial score (nSPS) is 16.7. The fourth-order valence-electron chi connectivity index (χ4n) is 3.49. The van der Waals surface area contributed by atoms with Crippen LogP contribution in [0.4, 0.5) is 14.6 Å². The van der Waals surface area contributed by atoms with Crippen LogP contribution in [0, 0.1) is 11.6 Å². The van der Waals surface area contributed by atoms with Gasteiger partial charge in [0.05, 0.1) is 16.3 Å². The number of carbonyl (C=O) groups is 1. The van der Waals surface area contributed by atoms with Gasteiger partial charge in [0, 0.05) is 25.2 Å². The minimum atomic E-state index is -0.481. The molecule has 8 heteroatoms. The maximum atomic E-state index is 13.2. The largest absolute Gasteiger partial charge is 0.353 e. The van der Waals surface area contributed by atoms with E-state index in [-0.39, 0.29) is 28.4 Å². The molecule has 1 aliphatic rings. The third kappa shape index (κ3) is 4.40. The summed E-state index contributed by atoms with van der Waals surface area (Å²) in [7, 11) is 0. The molecule has 150 valence electrons. The molecule has 1 aromatic heterocycles. The van der Waals surface area contributed by atoms with Crippen LogP contribution in [0.5, 0.6) is 0 Å². The van der Waals surface area contributed by atoms with Gasteiger partial charge >= 0.3 is 0 Å². The van der Waals surface area contributed by atoms with Gasteiger partial charge in [-0.05, 0) is 60.9 Å². The Morgan fingerprint density at radius 3 is 2.66 bits per heavy atom. The molecule has 0 spiro atoms. The molecule has 3 aromatic rings. The summed E-state index contributed by atoms with van der Waals surface area (Å²) >= 11 is 5.99. The molecule has 0 saturated carbocycles. The Morgan fingerprint density at radius 1 is 1.14 bits per heavy atom. The van der Waals surface area contributed by atoms with Crippen LogP contribution in [-0.2, 0) is 0 Å². The van der Waals surface area contributed by atoms with E-state index in [4.69, 9.17) is 11.6 Å². The Kier molecular flexibility index (Phi) is 5.49. The van der Waals surface area contributed by atoms with E-state index in [0.29, 0.717) is 6.54 Å². The molecule has 0 unspecified atom stereocenters. The topological polar surface area (TPSA) is 61.0 Å². The van der Waals surface area contributed by atoms with E-state index >= 15 is 0 Å². The van der Waals surface area contributed by atoms with Gasteiger partial charge in [-0.25, -0.2) is 8.78 Å². The third-order valence-corrected chi connectivity index (χ3v) is 5.29. The highest BCUT2D eigenvalue weighted by molar-refractivity contribution is 6.33. The second kappa shape index (κ2) is 8.21. The molecule has 0 radical (unpaired) electrons. The summed E-state index contributed by atoms with van der Waals surface area (Å²) in [6.07, 6.45) is 1.72. The molecular weight excluding hydrogens is 398 g/mol. The summed E-state index contributed by atoms with van der Waals surface area (Å²) in [4.78, 5) is 14.6. The van der Waals surface area contributed by atoms with Crippen molar-refractivity contribution in [2.45, 2.75) is 18.9 Å². The van der Waals surface area contributed by atoms with Gasteiger partial charge in [0.1, 0.15) is 11.6 Å². The Hall–Kier alpha value is -2.93. The second-order valence-electron chi connectivity index (χ2n) is 7.03. The van der Waals surface area contributed by atoms with E-state index in [0.717, 1.165) is 42.5 Å². The van der Waals surface area contributed by atoms with E-state index in [1.165, 1.54) is 24.3 Å². The van der Waals surface area contributed by atoms with Gasteiger partial charge in [0.25, 0.3) is 5.91 Å². The Labute approximate surface area is 171 Å². The van der Waals surface area contributed by atoms with Gasteiger partial charge in [-0.15, -0.1) is 0 Å². The van der Waals surface area contributed by atoms with Crippen LogP contribution in [-0.4, -0.2) is 35.2 Å². The number of amides is 1. The first kappa shape index (κ1) is 19.4. The predicted molar refractivity (Wildman–Crippen MR) is 108 cm³/mol. The van der Waals surface area contributed by atoms with Crippen molar-refractivity contribution in [1.29, 1.82) is 0 Å². The summed E-state index contributed by atoms with van der Waals surface area (Å²) in [5.41, 5.74) is 1.89. The van der Waals surface area contributed by atoms with E-state index in [2.05, 4.69) is 20.4 Å². The summed E-state index contributed by atoms with van der Waals surface area (Å²) < 4.78 is 26.3. The van der Waals surface area contributed by atoms with Gasteiger partial charge in [0.2, 0.25) is 0 Å². The summed E-state index contributed by atoms with van der Waals surface area (Å²) in [5.74, 6) is -0.325. The number of halogens is 3. The quantitative estimate of drug-likeness (QED) is 0.662. The SMILES string of the molecule is O=C(N[C@@H]1CCCN(c2cc(-c3ccc(F)cc3)[nH]n2)C1)c1ccc(F)cc1Cl. The summed E-state index contributed by atoms with van der Waals surface area (Å²) in [6.45, 7) is 1.41. The van der Waals surface area contributed by atoms with Gasteiger partial charge in [-0.3, -0.25) is 9.89 Å². The van der Waals surface area contributed by atoms with E-state index < -0.39 is 5.82 Å². The summed E-state index contributed by atoms with van der Waals surface area (Å²) in [5, 5.41) is 10.4. The standard InChI is InChI=1S/C21H19ClF2N4O/c22-18-10-15(24)7-8-17(18)21(29)25-16-2-1-9-28(12-16)20-11-19(26-27-20)13-3-5-14(23)6-4-13/h3-8,10-11,16H,1-2,9,12H2,(H,25,29)(H,26,27)/t16-/m1/s1. The van der Waals surface area contributed by atoms with Gasteiger partial charge in [-0.2, -0.15) is 5.10 Å². The molecule has 1 saturated heterocycles. The highest BCUT2D eigenvalue weighted by Gasteiger charge is 2.24. The van der Waals surface area contributed by atoms with Gasteiger partial charge in [-0.1, -0.05) is 11.6 Å². The molecule has 0 bridgehead atoms. The van der Waals surface area contributed by atoms with Crippen molar-refractivity contribution in [3.8, 4) is 11.3 Å². The number of rotatable bonds is 4. The molecule has 2 heterocycles. The lowest BCUT2D eigenvalue weighted by Crippen LogP contribution is -2.48. The van der Waals surface area contributed by atoms with E-state index in [9.17, 15) is 13.6 Å². The van der Waals surface area contributed by atoms with Crippen molar-refractivity contribution in [1.82, 2.24) is 15.5 Å². The Bertz CT molecular complexity index is 1020. The number of nitrogens with zero attached hydrogens (tertiary/aromatic N) is 2. The number of piperidine rings is 1. The lowest BCUT2D eigenvalue weighted by molar-refractivity contribution is 0.0933. The highest BCUT2D eigenvalue weighted by atomic mass is 35.5. The number of benzene rings is 2. The van der Waals surface area contributed by atoms with Crippen LogP contribution in [0.15, 0.2) is 48.5 Å². The first-order chi connectivity index (χ1) is 14.0. The van der Waals surface area contributed by atoms with Crippen LogP contribution in [0.1, 0.15) is 23.2 Å². The number of H-pyrrole nitrogens is 1. The predicted octanol–water partition coefficient (Wildman–Crippen LogP) is 4.41. The second-order valence-corrected chi connectivity index (χ2v) is 7.44. The number of hydrogen-bond donors (Lipinski definition) is 2. The maximum Gasteiger partial charge on any atom is 0.253 e. The zero-order valence-corrected chi connectivity index (χ0v) is 16.2. The van der Waals surface area contributed by atoms with Crippen LogP contribution in [0.3, 0.4) is 0 Å². The van der Waals surface area contributed by atoms with Crippen molar-refractivity contribution in [2.75, 3.05) is 18.0 Å². The number of aromatic nitrogens is 2. The minimum Gasteiger partial charge on any atom is -0.353 e. The Morgan fingerprint density at radius 2 is 1.90 bits per heavy atom. The highest BCUT2D eigenvalue weighted by Crippen LogP contribution is 2.25. The lowest BCUT2D eigenvalue weighted by Gasteiger charge is -2.33. The van der Waals surface area contributed by atoms with Crippen molar-refractivity contribution in [3.05, 3.63) is 70.8 Å². The molecule has 1 aliphatic heterocycles. The van der Waals surface area contributed by atoms with Crippen LogP contribution in [0.2, 0.25) is 5.02 Å². The third-order valence-electron chi connectivity index (χ3n) is 4.98. The first-order valence-corrected chi connectivity index (χ1v) is 9.69. The molecule has 29 heavy (non-hydrogen) atoms. The molecule has 5 nitrogen and oxygen atoms in total. The zero-order chi connectivity index (χ0) is 20.4. The number of anilines is 1. The van der Waals surface area contributed by atoms with Crippen LogP contribution < -0.4 is 10.2 Å². The van der Waals surface area contributed by atoms with Gasteiger partial charge < -0.3 is 10.2 Å². The maximum absolute atomic E-state index is 13.2. The average Bonchev–Trinajstić information content (AvgIpc) is 3.19. The molecular formula is C21H19ClF2N4O. The smallest absolute Gasteiger partial charge is 0.253 e. The number of nitrogens with one attached hydrogen (secondary N) is 2. The molecule has 1 atom stereocenters. The van der Waals surface area contributed by atoms with Gasteiger partial charge in [0.15, 0.2) is 5.82 Å².